The molecule has 1 heterocycles. The Kier molecular flexibility index (Phi) is 6.45. The van der Waals surface area contributed by atoms with Gasteiger partial charge in [0.15, 0.2) is 0 Å². The molecule has 0 aliphatic carbocycles. The predicted molar refractivity (Wildman–Crippen MR) is 76.7 cm³/mol. The van der Waals surface area contributed by atoms with Crippen molar-refractivity contribution in [1.82, 2.24) is 10.3 Å². The highest BCUT2D eigenvalue weighted by atomic mass is 32.1. The number of aromatic nitrogens is 1. The Bertz CT molecular complexity index is 344. The van der Waals surface area contributed by atoms with Gasteiger partial charge in [0.25, 0.3) is 0 Å². The van der Waals surface area contributed by atoms with E-state index in [1.54, 1.807) is 11.3 Å². The molecule has 0 spiro atoms. The number of hydrogen-bond donors (Lipinski definition) is 1. The summed E-state index contributed by atoms with van der Waals surface area (Å²) in [5, 5.41) is 6.99. The predicted octanol–water partition coefficient (Wildman–Crippen LogP) is 3.72. The first-order valence-corrected chi connectivity index (χ1v) is 7.28. The monoisotopic (exact) mass is 252 g/mol. The SMILES string of the molecule is C=C(C)CCC(Cc1nc(C)cs1)NCCC. The smallest absolute Gasteiger partial charge is 0.0943 e. The third-order valence-corrected chi connectivity index (χ3v) is 3.68. The minimum atomic E-state index is 0.539. The van der Waals surface area contributed by atoms with Crippen molar-refractivity contribution < 1.29 is 0 Å². The van der Waals surface area contributed by atoms with Gasteiger partial charge < -0.3 is 5.32 Å². The van der Waals surface area contributed by atoms with Crippen molar-refractivity contribution in [2.75, 3.05) is 6.54 Å². The minimum Gasteiger partial charge on any atom is -0.314 e. The maximum absolute atomic E-state index is 4.54. The van der Waals surface area contributed by atoms with Crippen LogP contribution in [0.1, 0.15) is 43.8 Å². The Balaban J connectivity index is 2.47. The third-order valence-electron chi connectivity index (χ3n) is 2.69. The lowest BCUT2D eigenvalue weighted by molar-refractivity contribution is 0.476. The fourth-order valence-electron chi connectivity index (χ4n) is 1.75. The van der Waals surface area contributed by atoms with Crippen LogP contribution in [-0.4, -0.2) is 17.6 Å². The van der Waals surface area contributed by atoms with Crippen LogP contribution in [0.25, 0.3) is 0 Å². The molecular formula is C14H24N2S. The molecule has 0 aliphatic rings. The van der Waals surface area contributed by atoms with E-state index >= 15 is 0 Å². The van der Waals surface area contributed by atoms with Crippen molar-refractivity contribution in [3.63, 3.8) is 0 Å². The van der Waals surface area contributed by atoms with Crippen LogP contribution in [0.5, 0.6) is 0 Å². The van der Waals surface area contributed by atoms with E-state index in [-0.39, 0.29) is 0 Å². The lowest BCUT2D eigenvalue weighted by Gasteiger charge is -2.17. The molecule has 1 rings (SSSR count). The molecule has 0 bridgehead atoms. The summed E-state index contributed by atoms with van der Waals surface area (Å²) < 4.78 is 0. The van der Waals surface area contributed by atoms with Crippen LogP contribution >= 0.6 is 11.3 Å². The molecule has 2 nitrogen and oxygen atoms in total. The van der Waals surface area contributed by atoms with E-state index in [9.17, 15) is 0 Å². The quantitative estimate of drug-likeness (QED) is 0.713. The van der Waals surface area contributed by atoms with Gasteiger partial charge in [0.2, 0.25) is 0 Å². The molecule has 3 heteroatoms. The highest BCUT2D eigenvalue weighted by molar-refractivity contribution is 7.09. The highest BCUT2D eigenvalue weighted by Crippen LogP contribution is 2.14. The zero-order valence-corrected chi connectivity index (χ0v) is 12.1. The zero-order chi connectivity index (χ0) is 12.7. The van der Waals surface area contributed by atoms with Gasteiger partial charge in [-0.2, -0.15) is 0 Å². The van der Waals surface area contributed by atoms with Crippen molar-refractivity contribution >= 4 is 11.3 Å². The second-order valence-corrected chi connectivity index (χ2v) is 5.68. The van der Waals surface area contributed by atoms with Crippen LogP contribution in [0.15, 0.2) is 17.5 Å². The molecule has 0 radical (unpaired) electrons. The van der Waals surface area contributed by atoms with Gasteiger partial charge in [0.05, 0.1) is 5.01 Å². The normalized spacial score (nSPS) is 12.6. The molecular weight excluding hydrogens is 228 g/mol. The summed E-state index contributed by atoms with van der Waals surface area (Å²) in [5.41, 5.74) is 2.41. The number of nitrogens with one attached hydrogen (secondary N) is 1. The van der Waals surface area contributed by atoms with E-state index in [0.29, 0.717) is 6.04 Å². The second-order valence-electron chi connectivity index (χ2n) is 4.73. The van der Waals surface area contributed by atoms with Crippen LogP contribution in [0.2, 0.25) is 0 Å². The van der Waals surface area contributed by atoms with Crippen molar-refractivity contribution in [3.8, 4) is 0 Å². The first-order valence-electron chi connectivity index (χ1n) is 6.40. The maximum atomic E-state index is 4.54. The molecule has 0 aromatic carbocycles. The average molecular weight is 252 g/mol. The topological polar surface area (TPSA) is 24.9 Å². The molecule has 17 heavy (non-hydrogen) atoms. The molecule has 0 aliphatic heterocycles. The van der Waals surface area contributed by atoms with Crippen molar-refractivity contribution in [2.45, 2.75) is 52.5 Å². The summed E-state index contributed by atoms with van der Waals surface area (Å²) in [7, 11) is 0. The van der Waals surface area contributed by atoms with Gasteiger partial charge in [-0.3, -0.25) is 0 Å². The fraction of sp³-hybridized carbons (Fsp3) is 0.643. The van der Waals surface area contributed by atoms with Crippen LogP contribution < -0.4 is 5.32 Å². The molecule has 1 unspecified atom stereocenters. The highest BCUT2D eigenvalue weighted by Gasteiger charge is 2.10. The Labute approximate surface area is 109 Å². The lowest BCUT2D eigenvalue weighted by atomic mass is 10.0. The van der Waals surface area contributed by atoms with E-state index in [0.717, 1.165) is 31.5 Å². The van der Waals surface area contributed by atoms with Crippen LogP contribution in [0, 0.1) is 6.92 Å². The summed E-state index contributed by atoms with van der Waals surface area (Å²) in [6.07, 6.45) is 4.49. The number of thiazole rings is 1. The Morgan fingerprint density at radius 1 is 1.59 bits per heavy atom. The van der Waals surface area contributed by atoms with Gasteiger partial charge in [-0.25, -0.2) is 4.98 Å². The summed E-state index contributed by atoms with van der Waals surface area (Å²) in [5.74, 6) is 0. The molecule has 0 saturated heterocycles. The third kappa shape index (κ3) is 5.99. The second kappa shape index (κ2) is 7.62. The molecule has 1 aromatic rings. The number of aryl methyl sites for hydroxylation is 1. The van der Waals surface area contributed by atoms with Gasteiger partial charge in [0.1, 0.15) is 0 Å². The fourth-order valence-corrected chi connectivity index (χ4v) is 2.61. The maximum Gasteiger partial charge on any atom is 0.0943 e. The van der Waals surface area contributed by atoms with Gasteiger partial charge in [-0.1, -0.05) is 12.5 Å². The number of hydrogen-bond acceptors (Lipinski definition) is 3. The molecule has 0 saturated carbocycles. The molecule has 1 aromatic heterocycles. The number of allylic oxidation sites excluding steroid dienone is 1. The molecule has 1 N–H and O–H groups in total. The molecule has 0 amide bonds. The molecule has 96 valence electrons. The number of nitrogens with zero attached hydrogens (tertiary/aromatic N) is 1. The minimum absolute atomic E-state index is 0.539. The van der Waals surface area contributed by atoms with Crippen LogP contribution in [0.3, 0.4) is 0 Å². The summed E-state index contributed by atoms with van der Waals surface area (Å²) in [6, 6.07) is 0.539. The van der Waals surface area contributed by atoms with Gasteiger partial charge in [-0.05, 0) is 39.7 Å². The van der Waals surface area contributed by atoms with E-state index in [1.807, 2.05) is 0 Å². The van der Waals surface area contributed by atoms with E-state index in [1.165, 1.54) is 17.0 Å². The van der Waals surface area contributed by atoms with E-state index in [2.05, 4.69) is 43.0 Å². The Morgan fingerprint density at radius 2 is 2.35 bits per heavy atom. The van der Waals surface area contributed by atoms with Gasteiger partial charge in [0, 0.05) is 23.5 Å². The average Bonchev–Trinajstić information content (AvgIpc) is 2.68. The molecule has 1 atom stereocenters. The standard InChI is InChI=1S/C14H24N2S/c1-5-8-15-13(7-6-11(2)3)9-14-16-12(4)10-17-14/h10,13,15H,2,5-9H2,1,3-4H3. The van der Waals surface area contributed by atoms with Crippen molar-refractivity contribution in [2.24, 2.45) is 0 Å². The van der Waals surface area contributed by atoms with E-state index in [4.69, 9.17) is 0 Å². The lowest BCUT2D eigenvalue weighted by Crippen LogP contribution is -2.31. The van der Waals surface area contributed by atoms with Crippen molar-refractivity contribution in [1.29, 1.82) is 0 Å². The molecule has 0 fully saturated rings. The number of rotatable bonds is 8. The Morgan fingerprint density at radius 3 is 2.88 bits per heavy atom. The van der Waals surface area contributed by atoms with Gasteiger partial charge in [-0.15, -0.1) is 17.9 Å². The van der Waals surface area contributed by atoms with E-state index < -0.39 is 0 Å². The summed E-state index contributed by atoms with van der Waals surface area (Å²) >= 11 is 1.77. The zero-order valence-electron chi connectivity index (χ0n) is 11.3. The summed E-state index contributed by atoms with van der Waals surface area (Å²) in [6.45, 7) is 11.4. The summed E-state index contributed by atoms with van der Waals surface area (Å²) in [4.78, 5) is 4.54. The largest absolute Gasteiger partial charge is 0.314 e. The first-order chi connectivity index (χ1) is 8.11. The van der Waals surface area contributed by atoms with Gasteiger partial charge >= 0.3 is 0 Å². The van der Waals surface area contributed by atoms with Crippen LogP contribution in [-0.2, 0) is 6.42 Å². The Hall–Kier alpha value is -0.670. The van der Waals surface area contributed by atoms with Crippen LogP contribution in [0.4, 0.5) is 0 Å². The first kappa shape index (κ1) is 14.4. The van der Waals surface area contributed by atoms with Crippen molar-refractivity contribution in [3.05, 3.63) is 28.2 Å².